The molecule has 0 rings (SSSR count). The van der Waals surface area contributed by atoms with Crippen molar-refractivity contribution in [3.05, 3.63) is 0 Å². The predicted octanol–water partition coefficient (Wildman–Crippen LogP) is -1.47. The van der Waals surface area contributed by atoms with Gasteiger partial charge in [0.2, 0.25) is 0 Å². The van der Waals surface area contributed by atoms with Crippen LogP contribution in [0.4, 0.5) is 0 Å². The highest BCUT2D eigenvalue weighted by Crippen LogP contribution is 2.18. The lowest BCUT2D eigenvalue weighted by Crippen LogP contribution is -2.68. The highest BCUT2D eigenvalue weighted by Gasteiger charge is 2.33. The van der Waals surface area contributed by atoms with Gasteiger partial charge in [-0.2, -0.15) is 0 Å². The molecule has 0 aliphatic heterocycles. The molecule has 0 bridgehead atoms. The van der Waals surface area contributed by atoms with E-state index in [1.165, 1.54) is 0 Å². The second-order valence-corrected chi connectivity index (χ2v) is 2.98. The molecule has 7 N–H and O–H groups in total. The molecule has 0 fully saturated rings. The summed E-state index contributed by atoms with van der Waals surface area (Å²) in [5.41, 5.74) is 15.3. The van der Waals surface area contributed by atoms with Crippen molar-refractivity contribution in [3.63, 3.8) is 0 Å². The van der Waals surface area contributed by atoms with Crippen molar-refractivity contribution in [1.82, 2.24) is 0 Å². The lowest BCUT2D eigenvalue weighted by atomic mass is 9.87. The van der Waals surface area contributed by atoms with E-state index in [0.717, 1.165) is 0 Å². The maximum Gasteiger partial charge on any atom is 0.123 e. The maximum atomic E-state index is 8.69. The molecule has 0 unspecified atom stereocenters. The van der Waals surface area contributed by atoms with Crippen LogP contribution in [0.25, 0.3) is 0 Å². The van der Waals surface area contributed by atoms with Gasteiger partial charge in [0, 0.05) is 5.41 Å². The van der Waals surface area contributed by atoms with Gasteiger partial charge in [-0.25, -0.2) is 0 Å². The molecule has 56 valence electrons. The van der Waals surface area contributed by atoms with Crippen LogP contribution in [0.5, 0.6) is 0 Å². The van der Waals surface area contributed by atoms with E-state index in [9.17, 15) is 0 Å². The summed E-state index contributed by atoms with van der Waals surface area (Å²) < 4.78 is 0. The number of nitrogens with two attached hydrogens (primary N) is 3. The highest BCUT2D eigenvalue weighted by molar-refractivity contribution is 4.86. The van der Waals surface area contributed by atoms with E-state index in [1.54, 1.807) is 13.8 Å². The van der Waals surface area contributed by atoms with Gasteiger partial charge >= 0.3 is 0 Å². The van der Waals surface area contributed by atoms with Gasteiger partial charge < -0.3 is 22.3 Å². The van der Waals surface area contributed by atoms with Gasteiger partial charge in [-0.15, -0.1) is 0 Å². The maximum absolute atomic E-state index is 8.69. The van der Waals surface area contributed by atoms with Crippen molar-refractivity contribution >= 4 is 0 Å². The molecule has 0 amide bonds. The van der Waals surface area contributed by atoms with E-state index in [0.29, 0.717) is 0 Å². The third-order valence-electron chi connectivity index (χ3n) is 1.57. The zero-order chi connectivity index (χ0) is 7.71. The SMILES string of the molecule is CC(C)(CO)C(N)(N)N. The van der Waals surface area contributed by atoms with Crippen molar-refractivity contribution in [3.8, 4) is 0 Å². The van der Waals surface area contributed by atoms with Crippen molar-refractivity contribution in [2.24, 2.45) is 22.6 Å². The lowest BCUT2D eigenvalue weighted by Gasteiger charge is -2.35. The van der Waals surface area contributed by atoms with Crippen LogP contribution < -0.4 is 17.2 Å². The average molecular weight is 133 g/mol. The molecule has 0 saturated heterocycles. The van der Waals surface area contributed by atoms with Crippen LogP contribution >= 0.6 is 0 Å². The summed E-state index contributed by atoms with van der Waals surface area (Å²) in [6.45, 7) is 3.29. The largest absolute Gasteiger partial charge is 0.396 e. The Labute approximate surface area is 55.0 Å². The van der Waals surface area contributed by atoms with Gasteiger partial charge in [0.05, 0.1) is 6.61 Å². The zero-order valence-electron chi connectivity index (χ0n) is 5.89. The number of hydrogen-bond donors (Lipinski definition) is 4. The minimum Gasteiger partial charge on any atom is -0.396 e. The second kappa shape index (κ2) is 2.22. The van der Waals surface area contributed by atoms with Gasteiger partial charge in [-0.05, 0) is 0 Å². The molecule has 0 aliphatic rings. The Morgan fingerprint density at radius 1 is 1.22 bits per heavy atom. The smallest absolute Gasteiger partial charge is 0.123 e. The van der Waals surface area contributed by atoms with Gasteiger partial charge in [-0.3, -0.25) is 0 Å². The quantitative estimate of drug-likeness (QED) is 0.346. The number of aliphatic hydroxyl groups excluding tert-OH is 1. The topological polar surface area (TPSA) is 98.3 Å². The molecule has 9 heavy (non-hydrogen) atoms. The molecule has 0 aromatic rings. The molecule has 0 aromatic heterocycles. The van der Waals surface area contributed by atoms with Crippen molar-refractivity contribution in [2.45, 2.75) is 19.6 Å². The molecule has 0 saturated carbocycles. The Hall–Kier alpha value is -0.160. The molecule has 0 heterocycles. The fraction of sp³-hybridized carbons (Fsp3) is 1.00. The van der Waals surface area contributed by atoms with Gasteiger partial charge in [0.15, 0.2) is 0 Å². The van der Waals surface area contributed by atoms with Crippen LogP contribution in [-0.2, 0) is 0 Å². The van der Waals surface area contributed by atoms with E-state index >= 15 is 0 Å². The standard InChI is InChI=1S/C5H15N3O/c1-4(2,3-9)5(6,7)8/h9H,3,6-8H2,1-2H3. The summed E-state index contributed by atoms with van der Waals surface area (Å²) in [7, 11) is 0. The minimum absolute atomic E-state index is 0.115. The molecule has 0 atom stereocenters. The number of rotatable bonds is 2. The molecular formula is C5H15N3O. The van der Waals surface area contributed by atoms with Crippen LogP contribution in [0.2, 0.25) is 0 Å². The monoisotopic (exact) mass is 133 g/mol. The fourth-order valence-corrected chi connectivity index (χ4v) is 0.137. The minimum atomic E-state index is -1.30. The average Bonchev–Trinajstić information content (AvgIpc) is 1.64. The van der Waals surface area contributed by atoms with Gasteiger partial charge in [0.1, 0.15) is 5.79 Å². The Morgan fingerprint density at radius 2 is 1.56 bits per heavy atom. The van der Waals surface area contributed by atoms with Crippen molar-refractivity contribution in [2.75, 3.05) is 6.61 Å². The first-order valence-corrected chi connectivity index (χ1v) is 2.79. The molecule has 0 aliphatic carbocycles. The normalized spacial score (nSPS) is 14.0. The fourth-order valence-electron chi connectivity index (χ4n) is 0.137. The molecule has 0 radical (unpaired) electrons. The highest BCUT2D eigenvalue weighted by atomic mass is 16.3. The summed E-state index contributed by atoms with van der Waals surface area (Å²) in [6, 6.07) is 0. The third-order valence-corrected chi connectivity index (χ3v) is 1.57. The van der Waals surface area contributed by atoms with E-state index in [-0.39, 0.29) is 6.61 Å². The first kappa shape index (κ1) is 8.84. The molecule has 0 aromatic carbocycles. The van der Waals surface area contributed by atoms with Crippen LogP contribution in [0, 0.1) is 5.41 Å². The first-order chi connectivity index (χ1) is 3.81. The van der Waals surface area contributed by atoms with Crippen LogP contribution in [-0.4, -0.2) is 17.5 Å². The number of aliphatic hydroxyl groups is 1. The molecule has 4 nitrogen and oxygen atoms in total. The molecular weight excluding hydrogens is 118 g/mol. The second-order valence-electron chi connectivity index (χ2n) is 2.98. The summed E-state index contributed by atoms with van der Waals surface area (Å²) in [5, 5.41) is 8.69. The first-order valence-electron chi connectivity index (χ1n) is 2.79. The van der Waals surface area contributed by atoms with Gasteiger partial charge in [0.25, 0.3) is 0 Å². The van der Waals surface area contributed by atoms with Crippen molar-refractivity contribution in [1.29, 1.82) is 0 Å². The van der Waals surface area contributed by atoms with Crippen LogP contribution in [0.15, 0.2) is 0 Å². The Kier molecular flexibility index (Phi) is 2.19. The Balaban J connectivity index is 4.14. The summed E-state index contributed by atoms with van der Waals surface area (Å²) >= 11 is 0. The molecule has 4 heteroatoms. The lowest BCUT2D eigenvalue weighted by molar-refractivity contribution is 0.0789. The molecule has 0 spiro atoms. The summed E-state index contributed by atoms with van der Waals surface area (Å²) in [4.78, 5) is 0. The van der Waals surface area contributed by atoms with Gasteiger partial charge in [-0.1, -0.05) is 13.8 Å². The Morgan fingerprint density at radius 3 is 1.56 bits per heavy atom. The number of hydrogen-bond acceptors (Lipinski definition) is 4. The van der Waals surface area contributed by atoms with Crippen LogP contribution in [0.3, 0.4) is 0 Å². The van der Waals surface area contributed by atoms with E-state index in [2.05, 4.69) is 0 Å². The Bertz CT molecular complexity index is 94.9. The van der Waals surface area contributed by atoms with E-state index in [1.807, 2.05) is 0 Å². The van der Waals surface area contributed by atoms with E-state index < -0.39 is 11.2 Å². The predicted molar refractivity (Wildman–Crippen MR) is 36.2 cm³/mol. The van der Waals surface area contributed by atoms with Crippen LogP contribution in [0.1, 0.15) is 13.8 Å². The third kappa shape index (κ3) is 1.91. The summed E-state index contributed by atoms with van der Waals surface area (Å²) in [5.74, 6) is -1.30. The van der Waals surface area contributed by atoms with Crippen molar-refractivity contribution < 1.29 is 5.11 Å². The zero-order valence-corrected chi connectivity index (χ0v) is 5.89. The van der Waals surface area contributed by atoms with E-state index in [4.69, 9.17) is 22.3 Å². The summed E-state index contributed by atoms with van der Waals surface area (Å²) in [6.07, 6.45) is 0.